The fourth-order valence-corrected chi connectivity index (χ4v) is 2.16. The highest BCUT2D eigenvalue weighted by Crippen LogP contribution is 2.18. The number of nitrogens with two attached hydrogens (primary N) is 1. The lowest BCUT2D eigenvalue weighted by Gasteiger charge is -2.18. The number of rotatable bonds is 8. The first kappa shape index (κ1) is 15.9. The smallest absolute Gasteiger partial charge is 0.283 e. The topological polar surface area (TPSA) is 72.9 Å². The van der Waals surface area contributed by atoms with Crippen LogP contribution in [0.3, 0.4) is 0 Å². The molecule has 0 saturated carbocycles. The zero-order chi connectivity index (χ0) is 14.3. The first-order valence-corrected chi connectivity index (χ1v) is 7.26. The Balaban J connectivity index is 2.86. The fraction of sp³-hybridized carbons (Fsp3) is 0.538. The molecule has 1 atom stereocenters. The van der Waals surface area contributed by atoms with Crippen LogP contribution in [0.5, 0.6) is 0 Å². The maximum atomic E-state index is 12.0. The highest BCUT2D eigenvalue weighted by Gasteiger charge is 2.12. The van der Waals surface area contributed by atoms with Gasteiger partial charge in [-0.15, -0.1) is 6.58 Å². The lowest BCUT2D eigenvalue weighted by molar-refractivity contribution is 0.608. The lowest BCUT2D eigenvalue weighted by atomic mass is 10.1. The molecule has 0 bridgehead atoms. The van der Waals surface area contributed by atoms with E-state index in [4.69, 9.17) is 5.73 Å². The Morgan fingerprint density at radius 3 is 3.00 bits per heavy atom. The van der Waals surface area contributed by atoms with E-state index in [0.29, 0.717) is 23.2 Å². The quantitative estimate of drug-likeness (QED) is 0.717. The van der Waals surface area contributed by atoms with Crippen LogP contribution in [-0.2, 0) is 6.54 Å². The molecule has 0 aliphatic rings. The predicted molar refractivity (Wildman–Crippen MR) is 82.4 cm³/mol. The summed E-state index contributed by atoms with van der Waals surface area (Å²) in [5.41, 5.74) is 6.25. The number of allylic oxidation sites excluding steroid dienone is 1. The van der Waals surface area contributed by atoms with E-state index in [9.17, 15) is 4.79 Å². The second-order valence-corrected chi connectivity index (χ2v) is 5.16. The van der Waals surface area contributed by atoms with E-state index in [1.54, 1.807) is 12.3 Å². The third-order valence-corrected chi connectivity index (χ3v) is 3.60. The van der Waals surface area contributed by atoms with Crippen LogP contribution in [0, 0.1) is 0 Å². The van der Waals surface area contributed by atoms with Crippen molar-refractivity contribution >= 4 is 21.6 Å². The van der Waals surface area contributed by atoms with Crippen LogP contribution >= 0.6 is 15.9 Å². The van der Waals surface area contributed by atoms with Crippen LogP contribution in [0.15, 0.2) is 28.1 Å². The number of unbranched alkanes of at least 4 members (excludes halogenated alkanes) is 1. The van der Waals surface area contributed by atoms with Gasteiger partial charge in [0.25, 0.3) is 5.56 Å². The van der Waals surface area contributed by atoms with Crippen LogP contribution in [0.1, 0.15) is 26.2 Å². The predicted octanol–water partition coefficient (Wildman–Crippen LogP) is 2.12. The van der Waals surface area contributed by atoms with Crippen molar-refractivity contribution in [3.05, 3.63) is 33.7 Å². The summed E-state index contributed by atoms with van der Waals surface area (Å²) in [6.45, 7) is 6.66. The van der Waals surface area contributed by atoms with Crippen molar-refractivity contribution in [1.82, 2.24) is 9.78 Å². The second-order valence-electron chi connectivity index (χ2n) is 4.37. The summed E-state index contributed by atoms with van der Waals surface area (Å²) in [6, 6.07) is 0.160. The van der Waals surface area contributed by atoms with Crippen LogP contribution < -0.4 is 16.6 Å². The number of aromatic nitrogens is 2. The van der Waals surface area contributed by atoms with Crippen LogP contribution in [0.4, 0.5) is 5.69 Å². The number of hydrogen-bond donors (Lipinski definition) is 2. The summed E-state index contributed by atoms with van der Waals surface area (Å²) < 4.78 is 1.84. The molecule has 0 spiro atoms. The van der Waals surface area contributed by atoms with E-state index >= 15 is 0 Å². The molecule has 0 aliphatic heterocycles. The maximum Gasteiger partial charge on any atom is 0.283 e. The van der Waals surface area contributed by atoms with Crippen LogP contribution in [0.2, 0.25) is 0 Å². The molecule has 106 valence electrons. The Morgan fingerprint density at radius 1 is 1.68 bits per heavy atom. The van der Waals surface area contributed by atoms with Gasteiger partial charge in [0.05, 0.1) is 18.4 Å². The zero-order valence-corrected chi connectivity index (χ0v) is 12.8. The zero-order valence-electron chi connectivity index (χ0n) is 11.2. The number of halogens is 1. The van der Waals surface area contributed by atoms with Gasteiger partial charge in [-0.3, -0.25) is 4.79 Å². The molecule has 1 heterocycles. The number of anilines is 1. The van der Waals surface area contributed by atoms with Crippen molar-refractivity contribution in [2.45, 2.75) is 38.8 Å². The molecule has 1 aromatic rings. The van der Waals surface area contributed by atoms with Crippen molar-refractivity contribution in [3.63, 3.8) is 0 Å². The largest absolute Gasteiger partial charge is 0.379 e. The Labute approximate surface area is 122 Å². The van der Waals surface area contributed by atoms with Gasteiger partial charge in [-0.25, -0.2) is 4.68 Å². The molecule has 1 aromatic heterocycles. The van der Waals surface area contributed by atoms with Gasteiger partial charge in [0.2, 0.25) is 0 Å². The summed E-state index contributed by atoms with van der Waals surface area (Å²) in [5, 5.41) is 7.36. The van der Waals surface area contributed by atoms with E-state index in [1.807, 2.05) is 0 Å². The highest BCUT2D eigenvalue weighted by atomic mass is 79.9. The van der Waals surface area contributed by atoms with Crippen LogP contribution in [-0.4, -0.2) is 22.4 Å². The molecule has 0 radical (unpaired) electrons. The standard InChI is InChI=1S/C13H21BrN4O/c1-3-5-6-10(8-15)17-11-9-16-18(7-4-2)13(19)12(11)14/h4,9-10,17H,2-3,5-8,15H2,1H3. The summed E-state index contributed by atoms with van der Waals surface area (Å²) in [7, 11) is 0. The van der Waals surface area contributed by atoms with Crippen molar-refractivity contribution in [2.75, 3.05) is 11.9 Å². The lowest BCUT2D eigenvalue weighted by Crippen LogP contribution is -2.31. The second kappa shape index (κ2) is 8.12. The van der Waals surface area contributed by atoms with E-state index < -0.39 is 0 Å². The monoisotopic (exact) mass is 328 g/mol. The number of nitrogens with zero attached hydrogens (tertiary/aromatic N) is 2. The molecule has 1 rings (SSSR count). The Kier molecular flexibility index (Phi) is 6.80. The van der Waals surface area contributed by atoms with Gasteiger partial charge in [-0.05, 0) is 22.4 Å². The van der Waals surface area contributed by atoms with Gasteiger partial charge in [0.15, 0.2) is 0 Å². The molecular formula is C13H21BrN4O. The molecule has 1 unspecified atom stereocenters. The Bertz CT molecular complexity index is 472. The third-order valence-electron chi connectivity index (χ3n) is 2.84. The Morgan fingerprint density at radius 2 is 2.42 bits per heavy atom. The van der Waals surface area contributed by atoms with E-state index in [-0.39, 0.29) is 11.6 Å². The highest BCUT2D eigenvalue weighted by molar-refractivity contribution is 9.10. The summed E-state index contributed by atoms with van der Waals surface area (Å²) >= 11 is 3.32. The van der Waals surface area contributed by atoms with Gasteiger partial charge in [-0.2, -0.15) is 5.10 Å². The van der Waals surface area contributed by atoms with Gasteiger partial charge in [0, 0.05) is 12.6 Å². The number of nitrogens with one attached hydrogen (secondary N) is 1. The summed E-state index contributed by atoms with van der Waals surface area (Å²) in [6.07, 6.45) is 6.49. The molecule has 0 fully saturated rings. The Hall–Kier alpha value is -1.14. The van der Waals surface area contributed by atoms with Gasteiger partial charge < -0.3 is 11.1 Å². The van der Waals surface area contributed by atoms with Gasteiger partial charge in [-0.1, -0.05) is 25.8 Å². The molecule has 5 nitrogen and oxygen atoms in total. The normalized spacial score (nSPS) is 12.2. The maximum absolute atomic E-state index is 12.0. The molecule has 19 heavy (non-hydrogen) atoms. The minimum Gasteiger partial charge on any atom is -0.379 e. The molecule has 3 N–H and O–H groups in total. The summed E-state index contributed by atoms with van der Waals surface area (Å²) in [4.78, 5) is 12.0. The molecule has 0 aromatic carbocycles. The molecule has 0 aliphatic carbocycles. The van der Waals surface area contributed by atoms with Gasteiger partial charge in [0.1, 0.15) is 4.47 Å². The third kappa shape index (κ3) is 4.47. The average molecular weight is 329 g/mol. The van der Waals surface area contributed by atoms with Crippen molar-refractivity contribution in [1.29, 1.82) is 0 Å². The van der Waals surface area contributed by atoms with Crippen LogP contribution in [0.25, 0.3) is 0 Å². The van der Waals surface area contributed by atoms with E-state index in [1.165, 1.54) is 4.68 Å². The van der Waals surface area contributed by atoms with Crippen molar-refractivity contribution in [3.8, 4) is 0 Å². The average Bonchev–Trinajstić information content (AvgIpc) is 2.42. The molecule has 6 heteroatoms. The van der Waals surface area contributed by atoms with E-state index in [2.05, 4.69) is 39.8 Å². The number of hydrogen-bond acceptors (Lipinski definition) is 4. The minimum atomic E-state index is -0.170. The van der Waals surface area contributed by atoms with Gasteiger partial charge >= 0.3 is 0 Å². The molecule has 0 saturated heterocycles. The minimum absolute atomic E-state index is 0.160. The van der Waals surface area contributed by atoms with Crippen molar-refractivity contribution in [2.24, 2.45) is 5.73 Å². The molecule has 0 amide bonds. The fourth-order valence-electron chi connectivity index (χ4n) is 1.74. The SMILES string of the molecule is C=CCn1ncc(NC(CN)CCCC)c(Br)c1=O. The first-order chi connectivity index (χ1) is 9.13. The summed E-state index contributed by atoms with van der Waals surface area (Å²) in [5.74, 6) is 0. The van der Waals surface area contributed by atoms with E-state index in [0.717, 1.165) is 19.3 Å². The first-order valence-electron chi connectivity index (χ1n) is 6.47. The van der Waals surface area contributed by atoms with Crippen molar-refractivity contribution < 1.29 is 0 Å². The molecular weight excluding hydrogens is 308 g/mol.